The standard InChI is InChI=1S/C19H25N2O6P/c1-5-6-15-7-9-16(10-8-15)26-17-11-12-19(21(22)23)18(13-17)20-14(2)27-28(4,24)25-3/h7-14,20H,5-6H2,1-4H3. The predicted octanol–water partition coefficient (Wildman–Crippen LogP) is 5.58. The molecule has 2 unspecified atom stereocenters. The molecule has 1 N–H and O–H groups in total. The molecule has 2 atom stereocenters. The molecule has 28 heavy (non-hydrogen) atoms. The Morgan fingerprint density at radius 3 is 2.39 bits per heavy atom. The Morgan fingerprint density at radius 2 is 1.82 bits per heavy atom. The van der Waals surface area contributed by atoms with Crippen molar-refractivity contribution >= 4 is 19.0 Å². The molecule has 0 bridgehead atoms. The van der Waals surface area contributed by atoms with Crippen molar-refractivity contribution in [2.75, 3.05) is 19.1 Å². The summed E-state index contributed by atoms with van der Waals surface area (Å²) in [5, 5.41) is 14.2. The Hall–Kier alpha value is -2.41. The van der Waals surface area contributed by atoms with Crippen LogP contribution in [0.2, 0.25) is 0 Å². The van der Waals surface area contributed by atoms with Gasteiger partial charge in [-0.3, -0.25) is 19.2 Å². The first-order valence-corrected chi connectivity index (χ1v) is 10.9. The van der Waals surface area contributed by atoms with Crippen LogP contribution in [0.5, 0.6) is 11.5 Å². The lowest BCUT2D eigenvalue weighted by Crippen LogP contribution is -2.18. The Balaban J connectivity index is 2.19. The topological polar surface area (TPSA) is 99.9 Å². The number of nitro benzene ring substituents is 1. The van der Waals surface area contributed by atoms with Crippen LogP contribution in [0.25, 0.3) is 0 Å². The normalized spacial score (nSPS) is 14.1. The van der Waals surface area contributed by atoms with E-state index in [4.69, 9.17) is 13.8 Å². The zero-order valence-corrected chi connectivity index (χ0v) is 17.3. The largest absolute Gasteiger partial charge is 0.457 e. The van der Waals surface area contributed by atoms with Crippen molar-refractivity contribution in [3.05, 3.63) is 58.1 Å². The molecule has 0 aromatic heterocycles. The van der Waals surface area contributed by atoms with Crippen LogP contribution in [-0.4, -0.2) is 24.9 Å². The van der Waals surface area contributed by atoms with Gasteiger partial charge in [0.15, 0.2) is 0 Å². The lowest BCUT2D eigenvalue weighted by molar-refractivity contribution is -0.384. The van der Waals surface area contributed by atoms with Gasteiger partial charge in [-0.05, 0) is 37.1 Å². The highest BCUT2D eigenvalue weighted by molar-refractivity contribution is 7.52. The molecular weight excluding hydrogens is 383 g/mol. The lowest BCUT2D eigenvalue weighted by atomic mass is 10.1. The van der Waals surface area contributed by atoms with Crippen molar-refractivity contribution in [1.29, 1.82) is 0 Å². The van der Waals surface area contributed by atoms with E-state index in [0.717, 1.165) is 12.8 Å². The maximum absolute atomic E-state index is 11.9. The molecule has 0 heterocycles. The van der Waals surface area contributed by atoms with Crippen molar-refractivity contribution in [3.8, 4) is 11.5 Å². The average Bonchev–Trinajstić information content (AvgIpc) is 2.63. The highest BCUT2D eigenvalue weighted by Crippen LogP contribution is 2.44. The lowest BCUT2D eigenvalue weighted by Gasteiger charge is -2.20. The van der Waals surface area contributed by atoms with Gasteiger partial charge in [0.1, 0.15) is 23.4 Å². The third kappa shape index (κ3) is 6.34. The minimum absolute atomic E-state index is 0.149. The Labute approximate surface area is 164 Å². The van der Waals surface area contributed by atoms with E-state index < -0.39 is 18.7 Å². The first-order chi connectivity index (χ1) is 13.2. The highest BCUT2D eigenvalue weighted by Gasteiger charge is 2.22. The second-order valence-corrected chi connectivity index (χ2v) is 8.40. The number of nitro groups is 1. The SMILES string of the molecule is CCCc1ccc(Oc2ccc([N+](=O)[O-])c(NC(C)OP(C)(=O)OC)c2)cc1. The number of rotatable bonds is 10. The Kier molecular flexibility index (Phi) is 7.57. The second-order valence-electron chi connectivity index (χ2n) is 6.28. The van der Waals surface area contributed by atoms with Crippen molar-refractivity contribution in [2.24, 2.45) is 0 Å². The number of anilines is 1. The first-order valence-electron chi connectivity index (χ1n) is 8.87. The van der Waals surface area contributed by atoms with Crippen LogP contribution in [0.3, 0.4) is 0 Å². The molecule has 0 amide bonds. The second kappa shape index (κ2) is 9.68. The van der Waals surface area contributed by atoms with Gasteiger partial charge in [-0.2, -0.15) is 0 Å². The molecule has 0 aliphatic rings. The fraction of sp³-hybridized carbons (Fsp3) is 0.368. The van der Waals surface area contributed by atoms with Crippen molar-refractivity contribution < 1.29 is 23.3 Å². The van der Waals surface area contributed by atoms with Crippen LogP contribution in [0.1, 0.15) is 25.8 Å². The quantitative estimate of drug-likeness (QED) is 0.237. The fourth-order valence-electron chi connectivity index (χ4n) is 2.58. The van der Waals surface area contributed by atoms with E-state index >= 15 is 0 Å². The average molecular weight is 408 g/mol. The zero-order chi connectivity index (χ0) is 20.7. The summed E-state index contributed by atoms with van der Waals surface area (Å²) in [7, 11) is -1.97. The third-order valence-electron chi connectivity index (χ3n) is 3.90. The summed E-state index contributed by atoms with van der Waals surface area (Å²) in [6, 6.07) is 12.1. The summed E-state index contributed by atoms with van der Waals surface area (Å²) in [5.41, 5.74) is 1.26. The number of ether oxygens (including phenoxy) is 1. The molecule has 0 spiro atoms. The molecule has 0 fully saturated rings. The van der Waals surface area contributed by atoms with Crippen molar-refractivity contribution in [2.45, 2.75) is 32.9 Å². The molecule has 0 saturated heterocycles. The molecule has 0 radical (unpaired) electrons. The van der Waals surface area contributed by atoms with E-state index in [2.05, 4.69) is 12.2 Å². The number of nitrogens with one attached hydrogen (secondary N) is 1. The smallest absolute Gasteiger partial charge is 0.329 e. The summed E-state index contributed by atoms with van der Waals surface area (Å²) in [6.07, 6.45) is 1.27. The maximum Gasteiger partial charge on any atom is 0.329 e. The van der Waals surface area contributed by atoms with Gasteiger partial charge in [-0.25, -0.2) is 0 Å². The van der Waals surface area contributed by atoms with E-state index in [1.807, 2.05) is 24.3 Å². The minimum Gasteiger partial charge on any atom is -0.457 e. The van der Waals surface area contributed by atoms with Gasteiger partial charge >= 0.3 is 7.60 Å². The van der Waals surface area contributed by atoms with Gasteiger partial charge in [-0.1, -0.05) is 25.5 Å². The van der Waals surface area contributed by atoms with E-state index in [1.54, 1.807) is 6.92 Å². The van der Waals surface area contributed by atoms with Crippen LogP contribution >= 0.6 is 7.60 Å². The van der Waals surface area contributed by atoms with Gasteiger partial charge in [0, 0.05) is 25.9 Å². The van der Waals surface area contributed by atoms with E-state index in [1.165, 1.54) is 37.5 Å². The van der Waals surface area contributed by atoms with Gasteiger partial charge in [0.05, 0.1) is 4.92 Å². The van der Waals surface area contributed by atoms with Gasteiger partial charge in [0.25, 0.3) is 5.69 Å². The van der Waals surface area contributed by atoms with E-state index in [-0.39, 0.29) is 11.4 Å². The number of hydrogen-bond donors (Lipinski definition) is 1. The Morgan fingerprint density at radius 1 is 1.18 bits per heavy atom. The van der Waals surface area contributed by atoms with Gasteiger partial charge < -0.3 is 14.6 Å². The van der Waals surface area contributed by atoms with Crippen LogP contribution in [0.4, 0.5) is 11.4 Å². The highest BCUT2D eigenvalue weighted by atomic mass is 31.2. The number of benzene rings is 2. The van der Waals surface area contributed by atoms with Crippen LogP contribution in [-0.2, 0) is 20.0 Å². The van der Waals surface area contributed by atoms with Gasteiger partial charge in [0.2, 0.25) is 0 Å². The monoisotopic (exact) mass is 408 g/mol. The number of nitrogens with zero attached hydrogens (tertiary/aromatic N) is 1. The predicted molar refractivity (Wildman–Crippen MR) is 108 cm³/mol. The summed E-state index contributed by atoms with van der Waals surface area (Å²) in [6.45, 7) is 5.02. The zero-order valence-electron chi connectivity index (χ0n) is 16.4. The fourth-order valence-corrected chi connectivity index (χ4v) is 3.29. The first kappa shape index (κ1) is 21.9. The Bertz CT molecular complexity index is 856. The van der Waals surface area contributed by atoms with Crippen molar-refractivity contribution in [3.63, 3.8) is 0 Å². The van der Waals surface area contributed by atoms with Crippen LogP contribution < -0.4 is 10.1 Å². The summed E-state index contributed by atoms with van der Waals surface area (Å²) < 4.78 is 27.8. The molecule has 0 aliphatic heterocycles. The van der Waals surface area contributed by atoms with E-state index in [9.17, 15) is 14.7 Å². The molecular formula is C19H25N2O6P. The molecule has 8 nitrogen and oxygen atoms in total. The van der Waals surface area contributed by atoms with Crippen LogP contribution in [0.15, 0.2) is 42.5 Å². The molecule has 0 saturated carbocycles. The third-order valence-corrected chi connectivity index (χ3v) is 5.26. The van der Waals surface area contributed by atoms with Crippen LogP contribution in [0, 0.1) is 10.1 Å². The molecule has 9 heteroatoms. The summed E-state index contributed by atoms with van der Waals surface area (Å²) in [4.78, 5) is 10.8. The maximum atomic E-state index is 11.9. The molecule has 2 rings (SSSR count). The molecule has 152 valence electrons. The van der Waals surface area contributed by atoms with E-state index in [0.29, 0.717) is 11.5 Å². The van der Waals surface area contributed by atoms with Gasteiger partial charge in [-0.15, -0.1) is 0 Å². The van der Waals surface area contributed by atoms with Crippen molar-refractivity contribution in [1.82, 2.24) is 0 Å². The molecule has 0 aliphatic carbocycles. The number of hydrogen-bond acceptors (Lipinski definition) is 7. The summed E-state index contributed by atoms with van der Waals surface area (Å²) in [5.74, 6) is 1.05. The number of aryl methyl sites for hydroxylation is 1. The summed E-state index contributed by atoms with van der Waals surface area (Å²) >= 11 is 0. The minimum atomic E-state index is -3.25. The molecule has 2 aromatic rings. The molecule has 2 aromatic carbocycles.